The Morgan fingerprint density at radius 1 is 0.762 bits per heavy atom. The van der Waals surface area contributed by atoms with Gasteiger partial charge in [0.1, 0.15) is 0 Å². The van der Waals surface area contributed by atoms with Crippen LogP contribution in [0.25, 0.3) is 0 Å². The second kappa shape index (κ2) is 20.1. The van der Waals surface area contributed by atoms with Crippen molar-refractivity contribution in [3.8, 4) is 0 Å². The van der Waals surface area contributed by atoms with Gasteiger partial charge in [-0.25, -0.2) is 13.2 Å². The molecule has 338 valence electrons. The average Bonchev–Trinajstić information content (AvgIpc) is 3.79. The standard InChI is InChI=1S/C47H57N3O10S3/c1-7-58-45(51)36-22-26-37(27-23-36)50(62(6,53)54)44-34(24-28-42-46(2,3)38-16-8-10-18-40(38)48(42)30-12-14-32-61-60-59-52)20-21-35(44)25-29-43-47(4,5)39-17-9-11-19-41(39)49(43)31-13-15-33-63(55,56)57/h8-11,16-19,22-29H,7,12-15,20-21,30-33H2,1-6H3,(H-,52,55,56,57)/p-1. The Labute approximate surface area is 376 Å². The number of sulfonamides is 1. The molecular weight excluding hydrogens is 863 g/mol. The van der Waals surface area contributed by atoms with Crippen molar-refractivity contribution in [3.05, 3.63) is 136 Å². The van der Waals surface area contributed by atoms with Crippen molar-refractivity contribution in [2.45, 2.75) is 84.0 Å². The Kier molecular flexibility index (Phi) is 15.3. The second-order valence-electron chi connectivity index (χ2n) is 16.9. The van der Waals surface area contributed by atoms with Crippen molar-refractivity contribution in [2.24, 2.45) is 0 Å². The van der Waals surface area contributed by atoms with Crippen LogP contribution in [0.2, 0.25) is 0 Å². The van der Waals surface area contributed by atoms with E-state index in [0.717, 1.165) is 64.4 Å². The molecule has 1 fully saturated rings. The van der Waals surface area contributed by atoms with Crippen molar-refractivity contribution in [3.63, 3.8) is 0 Å². The van der Waals surface area contributed by atoms with Gasteiger partial charge in [-0.05, 0) is 93.0 Å². The molecule has 0 saturated heterocycles. The summed E-state index contributed by atoms with van der Waals surface area (Å²) in [5, 5.41) is 13.8. The molecule has 6 rings (SSSR count). The summed E-state index contributed by atoms with van der Waals surface area (Å²) in [4.78, 5) is 17.1. The Bertz CT molecular complexity index is 2560. The summed E-state index contributed by atoms with van der Waals surface area (Å²) in [7, 11) is -8.31. The van der Waals surface area contributed by atoms with Gasteiger partial charge in [-0.2, -0.15) is 12.8 Å². The maximum atomic E-state index is 14.1. The minimum absolute atomic E-state index is 0.202. The molecule has 3 aliphatic rings. The first-order chi connectivity index (χ1) is 29.9. The predicted octanol–water partition coefficient (Wildman–Crippen LogP) is 7.90. The number of fused-ring (bicyclic) bond motifs is 2. The first-order valence-corrected chi connectivity index (χ1v) is 25.5. The molecular formula is C47H56N3O10S3-. The number of anilines is 2. The zero-order chi connectivity index (χ0) is 45.6. The fourth-order valence-electron chi connectivity index (χ4n) is 8.89. The number of ether oxygens (including phenoxy) is 1. The van der Waals surface area contributed by atoms with E-state index in [1.165, 1.54) is 15.8 Å². The van der Waals surface area contributed by atoms with Gasteiger partial charge in [0.2, 0.25) is 11.4 Å². The average molecular weight is 919 g/mol. The Morgan fingerprint density at radius 3 is 1.75 bits per heavy atom. The molecule has 0 radical (unpaired) electrons. The number of carbonyl (C=O) groups excluding carboxylic acids is 1. The van der Waals surface area contributed by atoms with E-state index in [9.17, 15) is 31.4 Å². The van der Waals surface area contributed by atoms with Crippen LogP contribution in [0.3, 0.4) is 0 Å². The second-order valence-corrected chi connectivity index (χ2v) is 21.0. The number of benzene rings is 3. The van der Waals surface area contributed by atoms with Crippen LogP contribution in [-0.4, -0.2) is 74.5 Å². The van der Waals surface area contributed by atoms with E-state index in [-0.39, 0.29) is 18.4 Å². The largest absolute Gasteiger partial charge is 0.748 e. The van der Waals surface area contributed by atoms with E-state index < -0.39 is 37.3 Å². The topological polar surface area (TPSA) is 169 Å². The first kappa shape index (κ1) is 47.9. The van der Waals surface area contributed by atoms with Crippen LogP contribution < -0.4 is 15.1 Å². The highest BCUT2D eigenvalue weighted by Gasteiger charge is 2.42. The van der Waals surface area contributed by atoms with E-state index in [0.29, 0.717) is 55.1 Å². The first-order valence-electron chi connectivity index (χ1n) is 21.1. The minimum atomic E-state index is -4.35. The van der Waals surface area contributed by atoms with Crippen molar-refractivity contribution >= 4 is 60.9 Å². The third kappa shape index (κ3) is 10.9. The van der Waals surface area contributed by atoms with Crippen LogP contribution in [0.4, 0.5) is 17.1 Å². The van der Waals surface area contributed by atoms with Crippen LogP contribution in [0, 0.1) is 0 Å². The Hall–Kier alpha value is -4.55. The highest BCUT2D eigenvalue weighted by atomic mass is 32.2. The Morgan fingerprint density at radius 2 is 1.27 bits per heavy atom. The van der Waals surface area contributed by atoms with Gasteiger partial charge in [-0.1, -0.05) is 80.2 Å². The quantitative estimate of drug-likeness (QED) is 0.0230. The van der Waals surface area contributed by atoms with Crippen molar-refractivity contribution in [2.75, 3.05) is 47.3 Å². The summed E-state index contributed by atoms with van der Waals surface area (Å²) in [5.74, 6) is -0.353. The van der Waals surface area contributed by atoms with E-state index in [1.54, 1.807) is 31.2 Å². The lowest BCUT2D eigenvalue weighted by Crippen LogP contribution is -2.27. The molecule has 1 aliphatic carbocycles. The molecule has 16 heteroatoms. The number of carbonyl (C=O) groups is 1. The maximum Gasteiger partial charge on any atom is 0.367 e. The summed E-state index contributed by atoms with van der Waals surface area (Å²) in [6.45, 7) is 11.7. The van der Waals surface area contributed by atoms with Gasteiger partial charge >= 0.3 is 16.0 Å². The van der Waals surface area contributed by atoms with Crippen molar-refractivity contribution in [1.29, 1.82) is 0 Å². The lowest BCUT2D eigenvalue weighted by atomic mass is 9.83. The van der Waals surface area contributed by atoms with Gasteiger partial charge in [0.05, 0.1) is 28.5 Å². The number of rotatable bonds is 18. The molecule has 13 nitrogen and oxygen atoms in total. The van der Waals surface area contributed by atoms with Crippen molar-refractivity contribution in [1.82, 2.24) is 0 Å². The van der Waals surface area contributed by atoms with Gasteiger partial charge in [0, 0.05) is 93.5 Å². The number of esters is 1. The predicted molar refractivity (Wildman–Crippen MR) is 245 cm³/mol. The molecule has 63 heavy (non-hydrogen) atoms. The van der Waals surface area contributed by atoms with E-state index in [2.05, 4.69) is 71.1 Å². The molecule has 3 aromatic carbocycles. The smallest absolute Gasteiger partial charge is 0.367 e. The van der Waals surface area contributed by atoms with Crippen LogP contribution >= 0.6 is 12.0 Å². The highest BCUT2D eigenvalue weighted by Crippen LogP contribution is 2.49. The molecule has 2 aliphatic heterocycles. The lowest BCUT2D eigenvalue weighted by molar-refractivity contribution is -0.777. The van der Waals surface area contributed by atoms with Gasteiger partial charge in [-0.3, -0.25) is 5.04 Å². The number of unbranched alkanes of at least 4 members (excludes halogenated alkanes) is 2. The lowest BCUT2D eigenvalue weighted by Gasteiger charge is -2.27. The molecule has 3 aromatic rings. The number of hydrogen-bond acceptors (Lipinski definition) is 13. The molecule has 2 heterocycles. The van der Waals surface area contributed by atoms with E-state index in [4.69, 9.17) is 4.74 Å². The zero-order valence-corrected chi connectivity index (χ0v) is 39.1. The van der Waals surface area contributed by atoms with Gasteiger partial charge < -0.3 is 24.3 Å². The summed E-state index contributed by atoms with van der Waals surface area (Å²) in [5.41, 5.74) is 8.33. The van der Waals surface area contributed by atoms with Crippen LogP contribution in [0.1, 0.15) is 94.6 Å². The van der Waals surface area contributed by atoms with Gasteiger partial charge in [-0.15, -0.1) is 0 Å². The zero-order valence-electron chi connectivity index (χ0n) is 36.7. The van der Waals surface area contributed by atoms with Crippen molar-refractivity contribution < 1.29 is 49.5 Å². The molecule has 0 atom stereocenters. The highest BCUT2D eigenvalue weighted by molar-refractivity contribution is 7.94. The summed E-state index contributed by atoms with van der Waals surface area (Å²) >= 11 is 0.971. The minimum Gasteiger partial charge on any atom is -0.748 e. The number of para-hydroxylation sites is 2. The number of allylic oxidation sites excluding steroid dienone is 8. The van der Waals surface area contributed by atoms with Gasteiger partial charge in [0.25, 0.3) is 0 Å². The van der Waals surface area contributed by atoms with Crippen LogP contribution in [0.5, 0.6) is 0 Å². The van der Waals surface area contributed by atoms with E-state index >= 15 is 0 Å². The Balaban J connectivity index is 1.49. The normalized spacial score (nSPS) is 20.3. The molecule has 0 spiro atoms. The number of hydrogen-bond donors (Lipinski definition) is 0. The SMILES string of the molecule is CCOC(=O)c1ccc(/[N+](=C2C(=C\C=C3\N(CCCCSOO[O-])c4ccccc4C3(C)C)\CCC\2=C/C=C2/N(CCCCS(=O)(=O)[O-])c3ccccc3C2(C)C)S(C)(=O)=O)cc1. The maximum absolute atomic E-state index is 14.1. The molecule has 1 saturated carbocycles. The molecule has 0 amide bonds. The molecule has 0 N–H and O–H groups in total. The summed E-state index contributed by atoms with van der Waals surface area (Å²) < 4.78 is 73.5. The molecule has 0 unspecified atom stereocenters. The number of nitrogens with zero attached hydrogens (tertiary/aromatic N) is 3. The fourth-order valence-corrected chi connectivity index (χ4v) is 10.9. The summed E-state index contributed by atoms with van der Waals surface area (Å²) in [6.07, 6.45) is 12.7. The van der Waals surface area contributed by atoms with E-state index in [1.807, 2.05) is 48.6 Å². The monoisotopic (exact) mass is 918 g/mol. The van der Waals surface area contributed by atoms with Crippen LogP contribution in [0.15, 0.2) is 120 Å². The van der Waals surface area contributed by atoms with Gasteiger partial charge in [0.15, 0.2) is 0 Å². The third-order valence-corrected chi connectivity index (χ3v) is 14.3. The fraction of sp³-hybridized carbons (Fsp3) is 0.404. The summed E-state index contributed by atoms with van der Waals surface area (Å²) in [6, 6.07) is 22.7. The molecule has 0 bridgehead atoms. The molecule has 0 aromatic heterocycles. The van der Waals surface area contributed by atoms with Crippen LogP contribution in [-0.2, 0) is 45.1 Å². The third-order valence-electron chi connectivity index (χ3n) is 11.9.